The number of hydrogen-bond acceptors (Lipinski definition) is 4. The van der Waals surface area contributed by atoms with Gasteiger partial charge in [-0.25, -0.2) is 4.68 Å². The first-order chi connectivity index (χ1) is 15.0. The van der Waals surface area contributed by atoms with E-state index in [1.807, 2.05) is 73.1 Å². The van der Waals surface area contributed by atoms with Crippen LogP contribution in [0.3, 0.4) is 0 Å². The molecule has 0 saturated carbocycles. The summed E-state index contributed by atoms with van der Waals surface area (Å²) < 4.78 is 10.2. The molecular formula is C23H22BrN5O2. The number of halogens is 1. The third-order valence-corrected chi connectivity index (χ3v) is 5.25. The summed E-state index contributed by atoms with van der Waals surface area (Å²) in [5.41, 5.74) is 4.38. The van der Waals surface area contributed by atoms with Gasteiger partial charge in [-0.05, 0) is 61.9 Å². The second-order valence-electron chi connectivity index (χ2n) is 7.23. The number of carbonyl (C=O) groups is 1. The van der Waals surface area contributed by atoms with Gasteiger partial charge < -0.3 is 10.1 Å². The monoisotopic (exact) mass is 479 g/mol. The third-order valence-electron chi connectivity index (χ3n) is 4.72. The molecule has 158 valence electrons. The molecule has 0 aliphatic heterocycles. The van der Waals surface area contributed by atoms with Crippen LogP contribution >= 0.6 is 15.9 Å². The van der Waals surface area contributed by atoms with Crippen molar-refractivity contribution in [3.8, 4) is 5.75 Å². The van der Waals surface area contributed by atoms with E-state index in [0.29, 0.717) is 17.8 Å². The molecule has 31 heavy (non-hydrogen) atoms. The van der Waals surface area contributed by atoms with Crippen LogP contribution < -0.4 is 10.1 Å². The molecule has 2 aromatic carbocycles. The molecule has 8 heteroatoms. The zero-order valence-electron chi connectivity index (χ0n) is 17.2. The maximum Gasteiger partial charge on any atom is 0.255 e. The van der Waals surface area contributed by atoms with E-state index in [1.165, 1.54) is 0 Å². The van der Waals surface area contributed by atoms with Crippen molar-refractivity contribution < 1.29 is 9.53 Å². The molecule has 4 aromatic rings. The summed E-state index contributed by atoms with van der Waals surface area (Å²) in [6.07, 6.45) is 3.33. The van der Waals surface area contributed by atoms with Crippen molar-refractivity contribution in [1.82, 2.24) is 19.6 Å². The van der Waals surface area contributed by atoms with E-state index in [4.69, 9.17) is 4.74 Å². The fourth-order valence-electron chi connectivity index (χ4n) is 3.14. The average Bonchev–Trinajstić information content (AvgIpc) is 3.33. The predicted molar refractivity (Wildman–Crippen MR) is 122 cm³/mol. The second kappa shape index (κ2) is 9.18. The zero-order chi connectivity index (χ0) is 21.8. The number of ether oxygens (including phenoxy) is 1. The summed E-state index contributed by atoms with van der Waals surface area (Å²) in [5, 5.41) is 11.6. The van der Waals surface area contributed by atoms with Gasteiger partial charge in [0.05, 0.1) is 30.3 Å². The van der Waals surface area contributed by atoms with Gasteiger partial charge in [-0.1, -0.05) is 28.1 Å². The lowest BCUT2D eigenvalue weighted by Gasteiger charge is -2.07. The Morgan fingerprint density at radius 2 is 1.84 bits per heavy atom. The highest BCUT2D eigenvalue weighted by atomic mass is 79.9. The van der Waals surface area contributed by atoms with Crippen molar-refractivity contribution in [2.45, 2.75) is 27.1 Å². The Kier molecular flexibility index (Phi) is 6.18. The molecule has 1 N–H and O–H groups in total. The molecule has 1 amide bonds. The molecule has 2 heterocycles. The standard InChI is InChI=1S/C23H22BrN5O2/c1-16-11-17(2)29(27-16)13-18-3-5-19(6-4-18)23(30)26-21-12-25-28(14-21)15-31-22-9-7-20(24)8-10-22/h3-12,14H,13,15H2,1-2H3,(H,26,30). The molecule has 0 radical (unpaired) electrons. The molecule has 0 fully saturated rings. The molecule has 0 bridgehead atoms. The van der Waals surface area contributed by atoms with Gasteiger partial charge in [0, 0.05) is 15.7 Å². The van der Waals surface area contributed by atoms with E-state index >= 15 is 0 Å². The lowest BCUT2D eigenvalue weighted by atomic mass is 10.1. The summed E-state index contributed by atoms with van der Waals surface area (Å²) in [6.45, 7) is 4.93. The van der Waals surface area contributed by atoms with E-state index in [0.717, 1.165) is 27.2 Å². The number of aryl methyl sites for hydroxylation is 2. The molecule has 2 aromatic heterocycles. The molecule has 0 saturated heterocycles. The number of rotatable bonds is 7. The Balaban J connectivity index is 1.33. The minimum atomic E-state index is -0.189. The lowest BCUT2D eigenvalue weighted by molar-refractivity contribution is 0.102. The fourth-order valence-corrected chi connectivity index (χ4v) is 3.41. The SMILES string of the molecule is Cc1cc(C)n(Cc2ccc(C(=O)Nc3cnn(COc4ccc(Br)cc4)c3)cc2)n1. The van der Waals surface area contributed by atoms with Crippen molar-refractivity contribution in [1.29, 1.82) is 0 Å². The number of carbonyl (C=O) groups excluding carboxylic acids is 1. The van der Waals surface area contributed by atoms with Gasteiger partial charge >= 0.3 is 0 Å². The molecule has 7 nitrogen and oxygen atoms in total. The number of aromatic nitrogens is 4. The highest BCUT2D eigenvalue weighted by Gasteiger charge is 2.09. The van der Waals surface area contributed by atoms with E-state index in [9.17, 15) is 4.79 Å². The Bertz CT molecular complexity index is 1180. The van der Waals surface area contributed by atoms with Crippen molar-refractivity contribution in [2.75, 3.05) is 5.32 Å². The van der Waals surface area contributed by atoms with Crippen molar-refractivity contribution in [3.63, 3.8) is 0 Å². The largest absolute Gasteiger partial charge is 0.471 e. The van der Waals surface area contributed by atoms with Gasteiger partial charge in [0.25, 0.3) is 5.91 Å². The maximum absolute atomic E-state index is 12.6. The summed E-state index contributed by atoms with van der Waals surface area (Å²) in [7, 11) is 0. The van der Waals surface area contributed by atoms with E-state index in [2.05, 4.69) is 31.4 Å². The molecule has 0 aliphatic carbocycles. The first-order valence-corrected chi connectivity index (χ1v) is 10.6. The Hall–Kier alpha value is -3.39. The molecule has 0 atom stereocenters. The third kappa shape index (κ3) is 5.40. The lowest BCUT2D eigenvalue weighted by Crippen LogP contribution is -2.12. The minimum absolute atomic E-state index is 0.189. The van der Waals surface area contributed by atoms with E-state index in [1.54, 1.807) is 17.1 Å². The van der Waals surface area contributed by atoms with Crippen molar-refractivity contribution >= 4 is 27.5 Å². The summed E-state index contributed by atoms with van der Waals surface area (Å²) in [6, 6.07) is 17.1. The van der Waals surface area contributed by atoms with Crippen LogP contribution in [-0.4, -0.2) is 25.5 Å². The normalized spacial score (nSPS) is 10.8. The van der Waals surface area contributed by atoms with Crippen LogP contribution in [0, 0.1) is 13.8 Å². The van der Waals surface area contributed by atoms with Crippen LogP contribution in [0.25, 0.3) is 0 Å². The quantitative estimate of drug-likeness (QED) is 0.413. The molecular weight excluding hydrogens is 458 g/mol. The highest BCUT2D eigenvalue weighted by molar-refractivity contribution is 9.10. The number of amides is 1. The summed E-state index contributed by atoms with van der Waals surface area (Å²) in [4.78, 5) is 12.6. The Morgan fingerprint density at radius 3 is 2.52 bits per heavy atom. The zero-order valence-corrected chi connectivity index (χ0v) is 18.8. The van der Waals surface area contributed by atoms with Crippen LogP contribution in [-0.2, 0) is 13.3 Å². The van der Waals surface area contributed by atoms with E-state index < -0.39 is 0 Å². The van der Waals surface area contributed by atoms with Gasteiger partial charge in [-0.2, -0.15) is 10.2 Å². The highest BCUT2D eigenvalue weighted by Crippen LogP contribution is 2.17. The Morgan fingerprint density at radius 1 is 1.10 bits per heavy atom. The van der Waals surface area contributed by atoms with Crippen LogP contribution in [0.4, 0.5) is 5.69 Å². The first kappa shape index (κ1) is 20.9. The van der Waals surface area contributed by atoms with Gasteiger partial charge in [0.15, 0.2) is 6.73 Å². The number of nitrogens with zero attached hydrogens (tertiary/aromatic N) is 4. The average molecular weight is 480 g/mol. The topological polar surface area (TPSA) is 74.0 Å². The Labute approximate surface area is 188 Å². The van der Waals surface area contributed by atoms with Gasteiger partial charge in [-0.15, -0.1) is 0 Å². The van der Waals surface area contributed by atoms with Gasteiger partial charge in [0.2, 0.25) is 0 Å². The molecule has 0 aliphatic rings. The van der Waals surface area contributed by atoms with E-state index in [-0.39, 0.29) is 12.6 Å². The first-order valence-electron chi connectivity index (χ1n) is 9.78. The second-order valence-corrected chi connectivity index (χ2v) is 8.15. The smallest absolute Gasteiger partial charge is 0.255 e. The fraction of sp³-hybridized carbons (Fsp3) is 0.174. The van der Waals surface area contributed by atoms with Crippen LogP contribution in [0.1, 0.15) is 27.3 Å². The number of benzene rings is 2. The summed E-state index contributed by atoms with van der Waals surface area (Å²) >= 11 is 3.39. The predicted octanol–water partition coefficient (Wildman–Crippen LogP) is 4.80. The number of nitrogens with one attached hydrogen (secondary N) is 1. The van der Waals surface area contributed by atoms with Crippen LogP contribution in [0.15, 0.2) is 71.5 Å². The van der Waals surface area contributed by atoms with Crippen LogP contribution in [0.5, 0.6) is 5.75 Å². The molecule has 0 unspecified atom stereocenters. The number of hydrogen-bond donors (Lipinski definition) is 1. The maximum atomic E-state index is 12.6. The molecule has 0 spiro atoms. The van der Waals surface area contributed by atoms with Crippen molar-refractivity contribution in [2.24, 2.45) is 0 Å². The summed E-state index contributed by atoms with van der Waals surface area (Å²) in [5.74, 6) is 0.552. The van der Waals surface area contributed by atoms with Gasteiger partial charge in [0.1, 0.15) is 5.75 Å². The number of anilines is 1. The van der Waals surface area contributed by atoms with Crippen molar-refractivity contribution in [3.05, 3.63) is 94.0 Å². The minimum Gasteiger partial charge on any atom is -0.471 e. The molecule has 4 rings (SSSR count). The van der Waals surface area contributed by atoms with Crippen LogP contribution in [0.2, 0.25) is 0 Å². The van der Waals surface area contributed by atoms with Gasteiger partial charge in [-0.3, -0.25) is 9.48 Å².